The molecule has 8 heteroatoms. The third-order valence-corrected chi connectivity index (χ3v) is 6.00. The van der Waals surface area contributed by atoms with E-state index in [1.165, 1.54) is 14.2 Å². The van der Waals surface area contributed by atoms with Crippen LogP contribution in [0.3, 0.4) is 0 Å². The van der Waals surface area contributed by atoms with Gasteiger partial charge in [0.1, 0.15) is 11.5 Å². The van der Waals surface area contributed by atoms with Gasteiger partial charge in [0.15, 0.2) is 0 Å². The van der Waals surface area contributed by atoms with Gasteiger partial charge >= 0.3 is 7.60 Å². The lowest BCUT2D eigenvalue weighted by atomic mass is 10.2. The molecule has 0 heterocycles. The fraction of sp³-hybridized carbons (Fsp3) is 0.538. The van der Waals surface area contributed by atoms with Gasteiger partial charge in [0.05, 0.1) is 14.3 Å². The minimum Gasteiger partial charge on any atom is -0.497 e. The van der Waals surface area contributed by atoms with E-state index in [1.54, 1.807) is 44.7 Å². The highest BCUT2D eigenvalue weighted by Crippen LogP contribution is 2.59. The van der Waals surface area contributed by atoms with E-state index in [4.69, 9.17) is 13.8 Å². The van der Waals surface area contributed by atoms with E-state index in [0.717, 1.165) is 5.56 Å². The summed E-state index contributed by atoms with van der Waals surface area (Å²) in [6.45, 7) is 3.32. The molecule has 120 valence electrons. The monoisotopic (exact) mass is 335 g/mol. The van der Waals surface area contributed by atoms with E-state index in [9.17, 15) is 9.13 Å². The number of benzene rings is 1. The van der Waals surface area contributed by atoms with E-state index in [0.29, 0.717) is 5.75 Å². The molecule has 0 bridgehead atoms. The number of rotatable bonds is 8. The summed E-state index contributed by atoms with van der Waals surface area (Å²) in [5, 5.41) is 3.04. The van der Waals surface area contributed by atoms with E-state index >= 15 is 0 Å². The van der Waals surface area contributed by atoms with E-state index in [2.05, 4.69) is 5.32 Å². The van der Waals surface area contributed by atoms with Crippen LogP contribution in [0.2, 0.25) is 0 Å². The molecular formula is C13H23NO5P2. The van der Waals surface area contributed by atoms with Gasteiger partial charge in [0.25, 0.3) is 0 Å². The molecule has 0 aliphatic carbocycles. The largest absolute Gasteiger partial charge is 0.497 e. The Morgan fingerprint density at radius 3 is 1.95 bits per heavy atom. The Balaban J connectivity index is 3.11. The number of ether oxygens (including phenoxy) is 1. The summed E-state index contributed by atoms with van der Waals surface area (Å²) < 4.78 is 39.9. The Morgan fingerprint density at radius 1 is 1.05 bits per heavy atom. The Kier molecular flexibility index (Phi) is 6.64. The van der Waals surface area contributed by atoms with Gasteiger partial charge in [-0.1, -0.05) is 12.1 Å². The lowest BCUT2D eigenvalue weighted by Crippen LogP contribution is -2.23. The number of hydrogen-bond acceptors (Lipinski definition) is 6. The highest BCUT2D eigenvalue weighted by molar-refractivity contribution is 7.62. The van der Waals surface area contributed by atoms with Crippen LogP contribution in [0.15, 0.2) is 24.3 Å². The molecule has 0 radical (unpaired) electrons. The van der Waals surface area contributed by atoms with Gasteiger partial charge in [-0.05, 0) is 31.0 Å². The lowest BCUT2D eigenvalue weighted by molar-refractivity contribution is 0.261. The van der Waals surface area contributed by atoms with E-state index in [-0.39, 0.29) is 6.29 Å². The molecule has 0 saturated carbocycles. The predicted octanol–water partition coefficient (Wildman–Crippen LogP) is 3.35. The molecule has 0 amide bonds. The second kappa shape index (κ2) is 7.57. The van der Waals surface area contributed by atoms with Crippen LogP contribution in [0.5, 0.6) is 5.75 Å². The van der Waals surface area contributed by atoms with Crippen LogP contribution in [-0.2, 0) is 18.2 Å². The third-order valence-electron chi connectivity index (χ3n) is 2.92. The summed E-state index contributed by atoms with van der Waals surface area (Å²) in [7, 11) is -1.47. The van der Waals surface area contributed by atoms with Gasteiger partial charge in [0, 0.05) is 20.5 Å². The fourth-order valence-electron chi connectivity index (χ4n) is 1.79. The Hall–Kier alpha value is -0.640. The molecule has 21 heavy (non-hydrogen) atoms. The molecule has 0 fully saturated rings. The van der Waals surface area contributed by atoms with Crippen molar-refractivity contribution in [3.05, 3.63) is 29.8 Å². The first-order chi connectivity index (χ1) is 9.75. The molecule has 1 rings (SSSR count). The van der Waals surface area contributed by atoms with Crippen LogP contribution in [0, 0.1) is 0 Å². The van der Waals surface area contributed by atoms with Crippen molar-refractivity contribution in [1.29, 1.82) is 0 Å². The van der Waals surface area contributed by atoms with Crippen LogP contribution in [0.25, 0.3) is 0 Å². The van der Waals surface area contributed by atoms with Gasteiger partial charge in [-0.2, -0.15) is 0 Å². The topological polar surface area (TPSA) is 73.9 Å². The van der Waals surface area contributed by atoms with Crippen molar-refractivity contribution in [3.8, 4) is 5.75 Å². The summed E-state index contributed by atoms with van der Waals surface area (Å²) in [5.74, 6) is 0.00505. The third kappa shape index (κ3) is 5.24. The standard InChI is InChI=1S/C13H23NO5P2/c1-17-12-8-6-11(7-9-12)13(14-10-20(4,5)15)21(16,18-2)19-3/h6-9,13-14H,10H2,1-5H3. The van der Waals surface area contributed by atoms with Gasteiger partial charge < -0.3 is 18.3 Å². The molecule has 6 nitrogen and oxygen atoms in total. The molecule has 0 aliphatic heterocycles. The average Bonchev–Trinajstić information content (AvgIpc) is 2.46. The molecular weight excluding hydrogens is 312 g/mol. The fourth-order valence-corrected chi connectivity index (χ4v) is 3.98. The minimum atomic E-state index is -3.40. The smallest absolute Gasteiger partial charge is 0.351 e. The Bertz CT molecular complexity index is 532. The van der Waals surface area contributed by atoms with Crippen LogP contribution < -0.4 is 10.1 Å². The molecule has 1 unspecified atom stereocenters. The summed E-state index contributed by atoms with van der Waals surface area (Å²) in [6.07, 6.45) is 0.237. The Labute approximate surface area is 126 Å². The average molecular weight is 335 g/mol. The molecule has 0 aliphatic rings. The highest BCUT2D eigenvalue weighted by atomic mass is 31.2. The van der Waals surface area contributed by atoms with Gasteiger partial charge in [-0.15, -0.1) is 0 Å². The predicted molar refractivity (Wildman–Crippen MR) is 84.8 cm³/mol. The SMILES string of the molecule is COc1ccc(C(NCP(C)(C)=O)P(=O)(OC)OC)cc1. The highest BCUT2D eigenvalue weighted by Gasteiger charge is 2.35. The van der Waals surface area contributed by atoms with Crippen molar-refractivity contribution in [3.63, 3.8) is 0 Å². The van der Waals surface area contributed by atoms with Gasteiger partial charge in [0.2, 0.25) is 0 Å². The van der Waals surface area contributed by atoms with Crippen molar-refractivity contribution in [1.82, 2.24) is 5.32 Å². The molecule has 1 N–H and O–H groups in total. The zero-order chi connectivity index (χ0) is 16.1. The minimum absolute atomic E-state index is 0.237. The zero-order valence-electron chi connectivity index (χ0n) is 13.0. The molecule has 0 spiro atoms. The molecule has 1 atom stereocenters. The normalized spacial score (nSPS) is 14.0. The molecule has 1 aromatic carbocycles. The van der Waals surface area contributed by atoms with Gasteiger partial charge in [-0.25, -0.2) is 0 Å². The summed E-state index contributed by atoms with van der Waals surface area (Å²) in [4.78, 5) is 0. The quantitative estimate of drug-likeness (QED) is 0.735. The van der Waals surface area contributed by atoms with Gasteiger partial charge in [-0.3, -0.25) is 9.88 Å². The second-order valence-electron chi connectivity index (χ2n) is 5.02. The molecule has 0 aromatic heterocycles. The second-order valence-corrected chi connectivity index (χ2v) is 10.8. The molecule has 1 aromatic rings. The summed E-state index contributed by atoms with van der Waals surface area (Å²) in [6, 6.07) is 7.07. The maximum Gasteiger partial charge on any atom is 0.351 e. The lowest BCUT2D eigenvalue weighted by Gasteiger charge is -2.26. The van der Waals surface area contributed by atoms with E-state index in [1.807, 2.05) is 0 Å². The summed E-state index contributed by atoms with van der Waals surface area (Å²) >= 11 is 0. The number of methoxy groups -OCH3 is 1. The Morgan fingerprint density at radius 2 is 1.57 bits per heavy atom. The number of nitrogens with one attached hydrogen (secondary N) is 1. The first-order valence-corrected chi connectivity index (χ1v) is 10.8. The maximum atomic E-state index is 12.7. The number of hydrogen-bond donors (Lipinski definition) is 1. The molecule has 0 saturated heterocycles. The van der Waals surface area contributed by atoms with Crippen LogP contribution in [0.1, 0.15) is 11.3 Å². The van der Waals surface area contributed by atoms with Crippen molar-refractivity contribution in [2.24, 2.45) is 0 Å². The van der Waals surface area contributed by atoms with Crippen molar-refractivity contribution < 1.29 is 22.9 Å². The van der Waals surface area contributed by atoms with Crippen molar-refractivity contribution in [2.75, 3.05) is 40.9 Å². The van der Waals surface area contributed by atoms with Crippen molar-refractivity contribution >= 4 is 14.7 Å². The van der Waals surface area contributed by atoms with Crippen molar-refractivity contribution in [2.45, 2.75) is 5.78 Å². The summed E-state index contributed by atoms with van der Waals surface area (Å²) in [5.41, 5.74) is 0.719. The maximum absolute atomic E-state index is 12.7. The first kappa shape index (κ1) is 18.4. The zero-order valence-corrected chi connectivity index (χ0v) is 14.8. The first-order valence-electron chi connectivity index (χ1n) is 6.38. The van der Waals surface area contributed by atoms with Crippen LogP contribution >= 0.6 is 14.7 Å². The van der Waals surface area contributed by atoms with Crippen LogP contribution in [-0.4, -0.2) is 40.9 Å². The van der Waals surface area contributed by atoms with E-state index < -0.39 is 20.5 Å². The van der Waals surface area contributed by atoms with Crippen LogP contribution in [0.4, 0.5) is 0 Å².